The molecule has 0 saturated carbocycles. The second-order valence-electron chi connectivity index (χ2n) is 3.57. The van der Waals surface area contributed by atoms with Gasteiger partial charge < -0.3 is 9.53 Å². The van der Waals surface area contributed by atoms with Crippen LogP contribution in [-0.4, -0.2) is 19.4 Å². The highest BCUT2D eigenvalue weighted by atomic mass is 16.5. The van der Waals surface area contributed by atoms with E-state index in [2.05, 4.69) is 4.74 Å². The summed E-state index contributed by atoms with van der Waals surface area (Å²) in [5.74, 6) is -0.313. The quantitative estimate of drug-likeness (QED) is 0.476. The Morgan fingerprint density at radius 2 is 2.20 bits per heavy atom. The van der Waals surface area contributed by atoms with Crippen LogP contribution in [0.2, 0.25) is 0 Å². The van der Waals surface area contributed by atoms with Crippen LogP contribution in [0.1, 0.15) is 39.0 Å². The number of hydrogen-bond donors (Lipinski definition) is 0. The minimum absolute atomic E-state index is 0.231. The molecule has 1 unspecified atom stereocenters. The number of carbonyl (C=O) groups is 2. The number of nitriles is 1. The SMILES string of the molecule is CCC(C=O)(CCC#N)CCC(=O)OC. The normalized spacial score (nSPS) is 13.7. The maximum absolute atomic E-state index is 11.0. The van der Waals surface area contributed by atoms with E-state index in [1.165, 1.54) is 7.11 Å². The summed E-state index contributed by atoms with van der Waals surface area (Å²) in [5.41, 5.74) is -0.538. The lowest BCUT2D eigenvalue weighted by molar-refractivity contribution is -0.141. The molecule has 0 bridgehead atoms. The van der Waals surface area contributed by atoms with Crippen molar-refractivity contribution in [2.75, 3.05) is 7.11 Å². The van der Waals surface area contributed by atoms with Crippen LogP contribution < -0.4 is 0 Å². The molecule has 0 heterocycles. The summed E-state index contributed by atoms with van der Waals surface area (Å²) in [6.45, 7) is 1.89. The highest BCUT2D eigenvalue weighted by molar-refractivity contribution is 5.70. The van der Waals surface area contributed by atoms with Gasteiger partial charge in [-0.25, -0.2) is 0 Å². The zero-order chi connectivity index (χ0) is 11.7. The molecule has 0 radical (unpaired) electrons. The van der Waals surface area contributed by atoms with E-state index in [1.54, 1.807) is 0 Å². The van der Waals surface area contributed by atoms with Crippen LogP contribution in [-0.2, 0) is 14.3 Å². The van der Waals surface area contributed by atoms with Crippen LogP contribution in [0.3, 0.4) is 0 Å². The first-order valence-electron chi connectivity index (χ1n) is 5.04. The Labute approximate surface area is 90.2 Å². The van der Waals surface area contributed by atoms with Crippen LogP contribution in [0.4, 0.5) is 0 Å². The Morgan fingerprint density at radius 1 is 1.53 bits per heavy atom. The number of hydrogen-bond acceptors (Lipinski definition) is 4. The van der Waals surface area contributed by atoms with E-state index in [1.807, 2.05) is 13.0 Å². The third-order valence-electron chi connectivity index (χ3n) is 2.74. The van der Waals surface area contributed by atoms with Crippen molar-refractivity contribution in [2.24, 2.45) is 5.41 Å². The van der Waals surface area contributed by atoms with Crippen molar-refractivity contribution in [3.8, 4) is 6.07 Å². The first kappa shape index (κ1) is 13.6. The molecule has 0 aromatic carbocycles. The average Bonchev–Trinajstić information content (AvgIpc) is 2.30. The Bertz CT molecular complexity index is 257. The molecule has 0 aromatic heterocycles. The molecule has 0 rings (SSSR count). The lowest BCUT2D eigenvalue weighted by Crippen LogP contribution is -2.23. The highest BCUT2D eigenvalue weighted by Crippen LogP contribution is 2.31. The van der Waals surface area contributed by atoms with Gasteiger partial charge in [-0.2, -0.15) is 5.26 Å². The molecule has 0 N–H and O–H groups in total. The maximum Gasteiger partial charge on any atom is 0.305 e. The Morgan fingerprint density at radius 3 is 2.60 bits per heavy atom. The number of esters is 1. The molecule has 84 valence electrons. The summed E-state index contributed by atoms with van der Waals surface area (Å²) in [7, 11) is 1.33. The van der Waals surface area contributed by atoms with Crippen molar-refractivity contribution in [1.29, 1.82) is 5.26 Å². The predicted octanol–water partition coefficient (Wildman–Crippen LogP) is 1.84. The molecule has 0 saturated heterocycles. The Hall–Kier alpha value is -1.37. The largest absolute Gasteiger partial charge is 0.469 e. The van der Waals surface area contributed by atoms with Crippen LogP contribution >= 0.6 is 0 Å². The van der Waals surface area contributed by atoms with Crippen LogP contribution in [0.5, 0.6) is 0 Å². The number of rotatable bonds is 7. The zero-order valence-corrected chi connectivity index (χ0v) is 9.28. The minimum atomic E-state index is -0.538. The second-order valence-corrected chi connectivity index (χ2v) is 3.57. The smallest absolute Gasteiger partial charge is 0.305 e. The summed E-state index contributed by atoms with van der Waals surface area (Å²) in [6, 6.07) is 2.02. The lowest BCUT2D eigenvalue weighted by atomic mass is 9.78. The monoisotopic (exact) mass is 211 g/mol. The summed E-state index contributed by atoms with van der Waals surface area (Å²) in [5, 5.41) is 8.49. The van der Waals surface area contributed by atoms with Crippen molar-refractivity contribution in [3.05, 3.63) is 0 Å². The Balaban J connectivity index is 4.30. The van der Waals surface area contributed by atoms with Gasteiger partial charge in [-0.3, -0.25) is 4.79 Å². The molecular weight excluding hydrogens is 194 g/mol. The van der Waals surface area contributed by atoms with Gasteiger partial charge in [0.2, 0.25) is 0 Å². The predicted molar refractivity (Wildman–Crippen MR) is 54.9 cm³/mol. The molecule has 15 heavy (non-hydrogen) atoms. The number of methoxy groups -OCH3 is 1. The van der Waals surface area contributed by atoms with E-state index in [0.29, 0.717) is 25.7 Å². The maximum atomic E-state index is 11.0. The zero-order valence-electron chi connectivity index (χ0n) is 9.28. The van der Waals surface area contributed by atoms with Gasteiger partial charge in [-0.15, -0.1) is 0 Å². The molecule has 4 nitrogen and oxygen atoms in total. The third-order valence-corrected chi connectivity index (χ3v) is 2.74. The van der Waals surface area contributed by atoms with Crippen LogP contribution in [0.25, 0.3) is 0 Å². The summed E-state index contributed by atoms with van der Waals surface area (Å²) >= 11 is 0. The van der Waals surface area contributed by atoms with Gasteiger partial charge in [0.15, 0.2) is 0 Å². The van der Waals surface area contributed by atoms with Gasteiger partial charge in [-0.05, 0) is 19.3 Å². The Kier molecular flexibility index (Phi) is 6.35. The summed E-state index contributed by atoms with van der Waals surface area (Å²) < 4.78 is 4.52. The number of nitrogens with zero attached hydrogens (tertiary/aromatic N) is 1. The summed E-state index contributed by atoms with van der Waals surface area (Å²) in [4.78, 5) is 22.0. The molecule has 0 spiro atoms. The standard InChI is InChI=1S/C11H17NO3/c1-3-11(9-13,6-4-8-12)7-5-10(14)15-2/h9H,3-7H2,1-2H3. The number of ether oxygens (including phenoxy) is 1. The van der Waals surface area contributed by atoms with Gasteiger partial charge in [-0.1, -0.05) is 6.92 Å². The van der Waals surface area contributed by atoms with E-state index < -0.39 is 5.41 Å². The molecule has 4 heteroatoms. The molecule has 0 aliphatic rings. The van der Waals surface area contributed by atoms with Crippen molar-refractivity contribution in [3.63, 3.8) is 0 Å². The van der Waals surface area contributed by atoms with E-state index >= 15 is 0 Å². The molecule has 0 aliphatic carbocycles. The first-order chi connectivity index (χ1) is 7.14. The fraction of sp³-hybridized carbons (Fsp3) is 0.727. The van der Waals surface area contributed by atoms with Crippen molar-refractivity contribution in [1.82, 2.24) is 0 Å². The molecule has 0 fully saturated rings. The van der Waals surface area contributed by atoms with E-state index in [4.69, 9.17) is 5.26 Å². The van der Waals surface area contributed by atoms with Gasteiger partial charge in [0.25, 0.3) is 0 Å². The van der Waals surface area contributed by atoms with E-state index in [-0.39, 0.29) is 12.4 Å². The van der Waals surface area contributed by atoms with Crippen LogP contribution in [0.15, 0.2) is 0 Å². The fourth-order valence-corrected chi connectivity index (χ4v) is 1.44. The number of carbonyl (C=O) groups excluding carboxylic acids is 2. The lowest BCUT2D eigenvalue weighted by Gasteiger charge is -2.24. The fourth-order valence-electron chi connectivity index (χ4n) is 1.44. The summed E-state index contributed by atoms with van der Waals surface area (Å²) in [6.07, 6.45) is 3.06. The first-order valence-corrected chi connectivity index (χ1v) is 5.04. The second kappa shape index (κ2) is 6.99. The third kappa shape index (κ3) is 4.59. The molecule has 0 aromatic rings. The minimum Gasteiger partial charge on any atom is -0.469 e. The van der Waals surface area contributed by atoms with Crippen molar-refractivity contribution in [2.45, 2.75) is 39.0 Å². The average molecular weight is 211 g/mol. The van der Waals surface area contributed by atoms with Crippen LogP contribution in [0, 0.1) is 16.7 Å². The van der Waals surface area contributed by atoms with Crippen molar-refractivity contribution >= 4 is 12.3 Å². The van der Waals surface area contributed by atoms with Crippen molar-refractivity contribution < 1.29 is 14.3 Å². The number of aldehydes is 1. The van der Waals surface area contributed by atoms with E-state index in [0.717, 1.165) is 6.29 Å². The molecule has 0 aliphatic heterocycles. The van der Waals surface area contributed by atoms with E-state index in [9.17, 15) is 9.59 Å². The van der Waals surface area contributed by atoms with Gasteiger partial charge in [0.05, 0.1) is 13.2 Å². The van der Waals surface area contributed by atoms with Gasteiger partial charge >= 0.3 is 5.97 Å². The molecule has 1 atom stereocenters. The molecular formula is C11H17NO3. The highest BCUT2D eigenvalue weighted by Gasteiger charge is 2.28. The molecule has 0 amide bonds. The van der Waals surface area contributed by atoms with Gasteiger partial charge in [0.1, 0.15) is 6.29 Å². The van der Waals surface area contributed by atoms with Gasteiger partial charge in [0, 0.05) is 18.3 Å². The topological polar surface area (TPSA) is 67.2 Å².